The summed E-state index contributed by atoms with van der Waals surface area (Å²) in [7, 11) is 0. The fourth-order valence-electron chi connectivity index (χ4n) is 0.950. The number of carbonyl (C=O) groups excluding carboxylic acids is 1. The average Bonchev–Trinajstić information content (AvgIpc) is 2.25. The van der Waals surface area contributed by atoms with Gasteiger partial charge < -0.3 is 0 Å². The molecule has 0 amide bonds. The number of anilines is 1. The molecular formula is C10H11N3O3. The molecule has 0 bridgehead atoms. The van der Waals surface area contributed by atoms with E-state index in [-0.39, 0.29) is 22.9 Å². The predicted octanol–water partition coefficient (Wildman–Crippen LogP) is 1.97. The molecule has 0 atom stereocenters. The minimum Gasteiger partial charge on any atom is -0.293 e. The van der Waals surface area contributed by atoms with Crippen molar-refractivity contribution in [1.82, 2.24) is 0 Å². The van der Waals surface area contributed by atoms with E-state index < -0.39 is 4.92 Å². The van der Waals surface area contributed by atoms with Gasteiger partial charge in [0, 0.05) is 13.0 Å². The summed E-state index contributed by atoms with van der Waals surface area (Å²) in [5, 5.41) is 14.4. The summed E-state index contributed by atoms with van der Waals surface area (Å²) in [5.41, 5.74) is 2.94. The second kappa shape index (κ2) is 5.01. The first-order valence-electron chi connectivity index (χ1n) is 4.57. The van der Waals surface area contributed by atoms with E-state index in [9.17, 15) is 14.9 Å². The largest absolute Gasteiger partial charge is 0.294 e. The third kappa shape index (κ3) is 2.88. The van der Waals surface area contributed by atoms with Crippen LogP contribution in [0.3, 0.4) is 0 Å². The summed E-state index contributed by atoms with van der Waals surface area (Å²) in [5.74, 6) is -0.189. The number of benzene rings is 1. The number of carbonyl (C=O) groups is 1. The van der Waals surface area contributed by atoms with Gasteiger partial charge in [0.2, 0.25) is 0 Å². The van der Waals surface area contributed by atoms with E-state index in [2.05, 4.69) is 10.5 Å². The lowest BCUT2D eigenvalue weighted by Gasteiger charge is -2.01. The van der Waals surface area contributed by atoms with Crippen LogP contribution in [0.25, 0.3) is 0 Å². The van der Waals surface area contributed by atoms with Crippen LogP contribution in [-0.4, -0.2) is 16.4 Å². The van der Waals surface area contributed by atoms with Crippen LogP contribution in [0.15, 0.2) is 29.4 Å². The number of nitrogens with zero attached hydrogens (tertiary/aromatic N) is 2. The fourth-order valence-corrected chi connectivity index (χ4v) is 0.950. The van der Waals surface area contributed by atoms with Crippen LogP contribution in [-0.2, 0) is 4.79 Å². The van der Waals surface area contributed by atoms with Gasteiger partial charge in [-0.05, 0) is 13.0 Å². The molecule has 6 heteroatoms. The SMILES string of the molecule is CC(=O)/C(C)=N/Nc1ccccc1[N+](=O)[O-]. The normalized spacial score (nSPS) is 11.0. The minimum atomic E-state index is -0.513. The van der Waals surface area contributed by atoms with Crippen molar-refractivity contribution < 1.29 is 9.72 Å². The number of hydrogen-bond donors (Lipinski definition) is 1. The smallest absolute Gasteiger partial charge is 0.293 e. The number of hydrogen-bond acceptors (Lipinski definition) is 5. The molecule has 0 saturated carbocycles. The maximum absolute atomic E-state index is 10.9. The number of nitro groups is 1. The van der Waals surface area contributed by atoms with Crippen molar-refractivity contribution >= 4 is 22.9 Å². The van der Waals surface area contributed by atoms with E-state index in [1.165, 1.54) is 26.0 Å². The Hall–Kier alpha value is -2.24. The zero-order valence-corrected chi connectivity index (χ0v) is 8.93. The van der Waals surface area contributed by atoms with Crippen LogP contribution >= 0.6 is 0 Å². The number of ketones is 1. The van der Waals surface area contributed by atoms with Gasteiger partial charge in [-0.2, -0.15) is 5.10 Å². The van der Waals surface area contributed by atoms with Gasteiger partial charge in [0.1, 0.15) is 11.4 Å². The van der Waals surface area contributed by atoms with Gasteiger partial charge in [0.15, 0.2) is 5.78 Å². The predicted molar refractivity (Wildman–Crippen MR) is 60.5 cm³/mol. The van der Waals surface area contributed by atoms with Gasteiger partial charge in [0.25, 0.3) is 5.69 Å². The molecule has 0 radical (unpaired) electrons. The lowest BCUT2D eigenvalue weighted by Crippen LogP contribution is -2.07. The molecule has 0 spiro atoms. The van der Waals surface area contributed by atoms with Crippen LogP contribution in [0, 0.1) is 10.1 Å². The quantitative estimate of drug-likeness (QED) is 0.478. The first kappa shape index (κ1) is 11.8. The Balaban J connectivity index is 2.94. The van der Waals surface area contributed by atoms with Crippen LogP contribution in [0.1, 0.15) is 13.8 Å². The van der Waals surface area contributed by atoms with Crippen LogP contribution < -0.4 is 5.43 Å². The molecule has 0 aliphatic rings. The summed E-state index contributed by atoms with van der Waals surface area (Å²) in [6.45, 7) is 2.91. The van der Waals surface area contributed by atoms with Crippen LogP contribution in [0.5, 0.6) is 0 Å². The highest BCUT2D eigenvalue weighted by Crippen LogP contribution is 2.22. The molecule has 16 heavy (non-hydrogen) atoms. The van der Waals surface area contributed by atoms with E-state index in [1.54, 1.807) is 12.1 Å². The molecule has 1 N–H and O–H groups in total. The third-order valence-corrected chi connectivity index (χ3v) is 1.95. The topological polar surface area (TPSA) is 84.6 Å². The first-order chi connectivity index (χ1) is 7.52. The molecule has 1 aromatic carbocycles. The number of para-hydroxylation sites is 2. The van der Waals surface area contributed by atoms with Crippen molar-refractivity contribution in [3.05, 3.63) is 34.4 Å². The summed E-state index contributed by atoms with van der Waals surface area (Å²) in [6, 6.07) is 6.09. The van der Waals surface area contributed by atoms with Crippen molar-refractivity contribution in [2.75, 3.05) is 5.43 Å². The third-order valence-electron chi connectivity index (χ3n) is 1.95. The van der Waals surface area contributed by atoms with E-state index in [1.807, 2.05) is 0 Å². The highest BCUT2D eigenvalue weighted by molar-refractivity contribution is 6.38. The van der Waals surface area contributed by atoms with Crippen LogP contribution in [0.2, 0.25) is 0 Å². The lowest BCUT2D eigenvalue weighted by atomic mass is 10.3. The molecule has 0 aromatic heterocycles. The molecular weight excluding hydrogens is 210 g/mol. The standard InChI is InChI=1S/C10H11N3O3/c1-7(8(2)14)11-12-9-5-3-4-6-10(9)13(15)16/h3-6,12H,1-2H3/b11-7+. The van der Waals surface area contributed by atoms with Crippen LogP contribution in [0.4, 0.5) is 11.4 Å². The van der Waals surface area contributed by atoms with Gasteiger partial charge >= 0.3 is 0 Å². The minimum absolute atomic E-state index is 0.0809. The second-order valence-corrected chi connectivity index (χ2v) is 3.14. The Bertz CT molecular complexity index is 454. The zero-order chi connectivity index (χ0) is 12.1. The second-order valence-electron chi connectivity index (χ2n) is 3.14. The summed E-state index contributed by atoms with van der Waals surface area (Å²) < 4.78 is 0. The first-order valence-corrected chi connectivity index (χ1v) is 4.57. The molecule has 1 rings (SSSR count). The van der Waals surface area contributed by atoms with Gasteiger partial charge in [-0.3, -0.25) is 20.3 Å². The molecule has 0 aliphatic heterocycles. The van der Waals surface area contributed by atoms with Crippen molar-refractivity contribution in [2.45, 2.75) is 13.8 Å². The number of rotatable bonds is 4. The van der Waals surface area contributed by atoms with E-state index in [4.69, 9.17) is 0 Å². The number of nitrogens with one attached hydrogen (secondary N) is 1. The van der Waals surface area contributed by atoms with Crippen molar-refractivity contribution in [1.29, 1.82) is 0 Å². The van der Waals surface area contributed by atoms with Crippen molar-refractivity contribution in [2.24, 2.45) is 5.10 Å². The Morgan fingerprint density at radius 2 is 2.00 bits per heavy atom. The van der Waals surface area contributed by atoms with E-state index in [0.717, 1.165) is 0 Å². The zero-order valence-electron chi connectivity index (χ0n) is 8.93. The Kier molecular flexibility index (Phi) is 3.71. The Morgan fingerprint density at radius 3 is 2.56 bits per heavy atom. The van der Waals surface area contributed by atoms with E-state index in [0.29, 0.717) is 0 Å². The maximum Gasteiger partial charge on any atom is 0.294 e. The molecule has 1 aromatic rings. The molecule has 84 valence electrons. The monoisotopic (exact) mass is 221 g/mol. The summed E-state index contributed by atoms with van der Waals surface area (Å²) in [6.07, 6.45) is 0. The molecule has 6 nitrogen and oxygen atoms in total. The fraction of sp³-hybridized carbons (Fsp3) is 0.200. The average molecular weight is 221 g/mol. The highest BCUT2D eigenvalue weighted by Gasteiger charge is 2.11. The summed E-state index contributed by atoms with van der Waals surface area (Å²) >= 11 is 0. The molecule has 0 aliphatic carbocycles. The lowest BCUT2D eigenvalue weighted by molar-refractivity contribution is -0.384. The molecule has 0 saturated heterocycles. The Morgan fingerprint density at radius 1 is 1.38 bits per heavy atom. The van der Waals surface area contributed by atoms with Gasteiger partial charge in [-0.1, -0.05) is 12.1 Å². The van der Waals surface area contributed by atoms with Gasteiger partial charge in [0.05, 0.1) is 4.92 Å². The van der Waals surface area contributed by atoms with Gasteiger partial charge in [-0.25, -0.2) is 0 Å². The molecule has 0 fully saturated rings. The number of nitro benzene ring substituents is 1. The molecule has 0 unspecified atom stereocenters. The Labute approximate surface area is 92.1 Å². The summed E-state index contributed by atoms with van der Waals surface area (Å²) in [4.78, 5) is 21.0. The van der Waals surface area contributed by atoms with E-state index >= 15 is 0 Å². The van der Waals surface area contributed by atoms with Crippen molar-refractivity contribution in [3.63, 3.8) is 0 Å². The number of hydrazone groups is 1. The highest BCUT2D eigenvalue weighted by atomic mass is 16.6. The maximum atomic E-state index is 10.9. The van der Waals surface area contributed by atoms with Gasteiger partial charge in [-0.15, -0.1) is 0 Å². The van der Waals surface area contributed by atoms with Crippen molar-refractivity contribution in [3.8, 4) is 0 Å². The molecule has 0 heterocycles. The number of Topliss-reactive ketones (excluding diaryl/α,β-unsaturated/α-hetero) is 1.